The first-order chi connectivity index (χ1) is 12.0. The molecule has 1 atom stereocenters. The van der Waals surface area contributed by atoms with E-state index in [1.165, 1.54) is 27.1 Å². The van der Waals surface area contributed by atoms with Crippen LogP contribution in [0.4, 0.5) is 10.7 Å². The first kappa shape index (κ1) is 17.1. The van der Waals surface area contributed by atoms with Gasteiger partial charge < -0.3 is 5.32 Å². The predicted molar refractivity (Wildman–Crippen MR) is 92.5 cm³/mol. The van der Waals surface area contributed by atoms with Crippen molar-refractivity contribution >= 4 is 27.9 Å². The number of rotatable bonds is 4. The van der Waals surface area contributed by atoms with E-state index in [9.17, 15) is 20.2 Å². The number of carbonyl (C=O) groups is 1. The van der Waals surface area contributed by atoms with Crippen LogP contribution in [0, 0.1) is 21.4 Å². The van der Waals surface area contributed by atoms with Crippen molar-refractivity contribution < 1.29 is 9.72 Å². The number of carbonyl (C=O) groups excluding carboxylic acids is 1. The lowest BCUT2D eigenvalue weighted by Gasteiger charge is -2.11. The maximum Gasteiger partial charge on any atom is 0.307 e. The zero-order valence-electron chi connectivity index (χ0n) is 13.7. The smallest absolute Gasteiger partial charge is 0.307 e. The van der Waals surface area contributed by atoms with Crippen molar-refractivity contribution in [1.82, 2.24) is 9.78 Å². The fraction of sp³-hybridized carbons (Fsp3) is 0.438. The van der Waals surface area contributed by atoms with Crippen molar-refractivity contribution in [2.24, 2.45) is 0 Å². The Morgan fingerprint density at radius 1 is 1.48 bits per heavy atom. The number of hydrogen-bond donors (Lipinski definition) is 1. The van der Waals surface area contributed by atoms with E-state index in [1.807, 2.05) is 0 Å². The lowest BCUT2D eigenvalue weighted by molar-refractivity contribution is -0.385. The Balaban J connectivity index is 1.80. The molecular formula is C16H17N5O3S. The van der Waals surface area contributed by atoms with E-state index in [0.29, 0.717) is 10.6 Å². The zero-order chi connectivity index (χ0) is 18.0. The molecule has 0 aliphatic heterocycles. The third-order valence-corrected chi connectivity index (χ3v) is 5.55. The van der Waals surface area contributed by atoms with Gasteiger partial charge in [-0.25, -0.2) is 0 Å². The molecule has 130 valence electrons. The molecular weight excluding hydrogens is 342 g/mol. The van der Waals surface area contributed by atoms with Gasteiger partial charge in [0.25, 0.3) is 0 Å². The van der Waals surface area contributed by atoms with Crippen LogP contribution in [0.25, 0.3) is 0 Å². The summed E-state index contributed by atoms with van der Waals surface area (Å²) in [6, 6.07) is 1.50. The average Bonchev–Trinajstić information content (AvgIpc) is 3.13. The minimum Gasteiger partial charge on any atom is -0.315 e. The van der Waals surface area contributed by atoms with E-state index in [-0.39, 0.29) is 11.6 Å². The maximum atomic E-state index is 12.5. The summed E-state index contributed by atoms with van der Waals surface area (Å²) in [6.45, 7) is 1.61. The number of hydrogen-bond acceptors (Lipinski definition) is 6. The summed E-state index contributed by atoms with van der Waals surface area (Å²) < 4.78 is 1.25. The van der Waals surface area contributed by atoms with Crippen LogP contribution in [0.5, 0.6) is 0 Å². The standard InChI is InChI=1S/C16H17N5O3S/c1-10(20-9-11(8-18-20)21(23)24)15(22)19-16-13(7-17)12-5-3-2-4-6-14(12)25-16/h8-10H,2-6H2,1H3,(H,19,22)/t10-/m1/s1. The van der Waals surface area contributed by atoms with Gasteiger partial charge in [-0.3, -0.25) is 19.6 Å². The van der Waals surface area contributed by atoms with Gasteiger partial charge in [-0.15, -0.1) is 11.3 Å². The maximum absolute atomic E-state index is 12.5. The van der Waals surface area contributed by atoms with Gasteiger partial charge in [0.05, 0.1) is 10.5 Å². The van der Waals surface area contributed by atoms with Crippen molar-refractivity contribution in [3.8, 4) is 6.07 Å². The molecule has 0 spiro atoms. The Kier molecular flexibility index (Phi) is 4.81. The summed E-state index contributed by atoms with van der Waals surface area (Å²) in [4.78, 5) is 23.9. The van der Waals surface area contributed by atoms with Crippen LogP contribution in [-0.4, -0.2) is 20.6 Å². The molecule has 0 bridgehead atoms. The fourth-order valence-corrected chi connectivity index (χ4v) is 4.16. The Morgan fingerprint density at radius 3 is 2.92 bits per heavy atom. The van der Waals surface area contributed by atoms with Crippen molar-refractivity contribution in [3.63, 3.8) is 0 Å². The highest BCUT2D eigenvalue weighted by molar-refractivity contribution is 7.16. The number of nitrogens with zero attached hydrogens (tertiary/aromatic N) is 4. The van der Waals surface area contributed by atoms with E-state index in [4.69, 9.17) is 0 Å². The van der Waals surface area contributed by atoms with Crippen LogP contribution >= 0.6 is 11.3 Å². The summed E-state index contributed by atoms with van der Waals surface area (Å²) in [5.41, 5.74) is 1.44. The van der Waals surface area contributed by atoms with Crippen LogP contribution in [0.1, 0.15) is 48.2 Å². The third kappa shape index (κ3) is 3.39. The molecule has 3 rings (SSSR count). The van der Waals surface area contributed by atoms with Gasteiger partial charge in [0.2, 0.25) is 5.91 Å². The summed E-state index contributed by atoms with van der Waals surface area (Å²) in [5, 5.41) is 27.5. The second-order valence-electron chi connectivity index (χ2n) is 5.98. The minimum absolute atomic E-state index is 0.166. The second kappa shape index (κ2) is 7.03. The SMILES string of the molecule is C[C@H](C(=O)Nc1sc2c(c1C#N)CCCCC2)n1cc([N+](=O)[O-])cn1. The number of fused-ring (bicyclic) bond motifs is 1. The molecule has 1 amide bonds. The minimum atomic E-state index is -0.720. The van der Waals surface area contributed by atoms with E-state index in [0.717, 1.165) is 43.9 Å². The molecule has 0 unspecified atom stereocenters. The van der Waals surface area contributed by atoms with Gasteiger partial charge in [0.15, 0.2) is 0 Å². The van der Waals surface area contributed by atoms with Crippen molar-refractivity contribution in [3.05, 3.63) is 38.5 Å². The highest BCUT2D eigenvalue weighted by Crippen LogP contribution is 2.37. The molecule has 0 saturated carbocycles. The number of nitriles is 1. The van der Waals surface area contributed by atoms with Gasteiger partial charge in [-0.05, 0) is 38.2 Å². The van der Waals surface area contributed by atoms with Gasteiger partial charge in [-0.1, -0.05) is 6.42 Å². The van der Waals surface area contributed by atoms with Crippen LogP contribution in [0.2, 0.25) is 0 Å². The Hall–Kier alpha value is -2.73. The molecule has 8 nitrogen and oxygen atoms in total. The second-order valence-corrected chi connectivity index (χ2v) is 7.09. The monoisotopic (exact) mass is 359 g/mol. The van der Waals surface area contributed by atoms with Crippen LogP contribution in [0.3, 0.4) is 0 Å². The number of nitro groups is 1. The molecule has 9 heteroatoms. The van der Waals surface area contributed by atoms with Crippen LogP contribution in [0.15, 0.2) is 12.4 Å². The molecule has 0 fully saturated rings. The van der Waals surface area contributed by atoms with Gasteiger partial charge in [-0.2, -0.15) is 10.4 Å². The molecule has 2 aromatic heterocycles. The average molecular weight is 359 g/mol. The molecule has 0 aromatic carbocycles. The largest absolute Gasteiger partial charge is 0.315 e. The zero-order valence-corrected chi connectivity index (χ0v) is 14.5. The summed E-state index contributed by atoms with van der Waals surface area (Å²) in [5.74, 6) is -0.356. The topological polar surface area (TPSA) is 114 Å². The van der Waals surface area contributed by atoms with Gasteiger partial charge in [0, 0.05) is 4.88 Å². The number of aromatic nitrogens is 2. The van der Waals surface area contributed by atoms with E-state index >= 15 is 0 Å². The normalized spacial score (nSPS) is 14.9. The summed E-state index contributed by atoms with van der Waals surface area (Å²) in [6.07, 6.45) is 7.44. The molecule has 0 saturated heterocycles. The highest BCUT2D eigenvalue weighted by atomic mass is 32.1. The Morgan fingerprint density at radius 2 is 2.24 bits per heavy atom. The fourth-order valence-electron chi connectivity index (χ4n) is 2.92. The van der Waals surface area contributed by atoms with E-state index < -0.39 is 11.0 Å². The van der Waals surface area contributed by atoms with E-state index in [2.05, 4.69) is 16.5 Å². The number of amides is 1. The van der Waals surface area contributed by atoms with Crippen LogP contribution in [-0.2, 0) is 17.6 Å². The van der Waals surface area contributed by atoms with Crippen molar-refractivity contribution in [2.75, 3.05) is 5.32 Å². The third-order valence-electron chi connectivity index (χ3n) is 4.34. The highest BCUT2D eigenvalue weighted by Gasteiger charge is 2.24. The molecule has 1 aliphatic rings. The molecule has 2 aromatic rings. The Labute approximate surface area is 148 Å². The molecule has 25 heavy (non-hydrogen) atoms. The number of nitrogens with one attached hydrogen (secondary N) is 1. The van der Waals surface area contributed by atoms with Gasteiger partial charge in [0.1, 0.15) is 29.5 Å². The quantitative estimate of drug-likeness (QED) is 0.511. The number of thiophene rings is 1. The number of aryl methyl sites for hydroxylation is 1. The first-order valence-corrected chi connectivity index (χ1v) is 8.87. The van der Waals surface area contributed by atoms with Gasteiger partial charge >= 0.3 is 5.69 Å². The summed E-state index contributed by atoms with van der Waals surface area (Å²) in [7, 11) is 0. The molecule has 1 N–H and O–H groups in total. The van der Waals surface area contributed by atoms with Crippen LogP contribution < -0.4 is 5.32 Å². The Bertz CT molecular complexity index is 864. The molecule has 2 heterocycles. The molecule has 1 aliphatic carbocycles. The lowest BCUT2D eigenvalue weighted by atomic mass is 10.1. The summed E-state index contributed by atoms with van der Waals surface area (Å²) >= 11 is 1.46. The van der Waals surface area contributed by atoms with Crippen molar-refractivity contribution in [1.29, 1.82) is 5.26 Å². The number of anilines is 1. The molecule has 0 radical (unpaired) electrons. The predicted octanol–water partition coefficient (Wildman–Crippen LogP) is 3.19. The van der Waals surface area contributed by atoms with E-state index in [1.54, 1.807) is 6.92 Å². The van der Waals surface area contributed by atoms with Crippen molar-refractivity contribution in [2.45, 2.75) is 45.1 Å². The first-order valence-electron chi connectivity index (χ1n) is 8.05. The lowest BCUT2D eigenvalue weighted by Crippen LogP contribution is -2.24.